The Labute approximate surface area is 205 Å². The monoisotopic (exact) mass is 524 g/mol. The predicted octanol–water partition coefficient (Wildman–Crippen LogP) is 3.16. The molecule has 2 saturated heterocycles. The first-order chi connectivity index (χ1) is 16.5. The van der Waals surface area contributed by atoms with E-state index >= 15 is 0 Å². The molecule has 0 aliphatic carbocycles. The zero-order valence-electron chi connectivity index (χ0n) is 18.8. The number of benzene rings is 1. The van der Waals surface area contributed by atoms with Crippen LogP contribution in [0, 0.1) is 6.92 Å². The molecule has 34 heavy (non-hydrogen) atoms. The van der Waals surface area contributed by atoms with Crippen LogP contribution < -0.4 is 0 Å². The molecule has 1 amide bonds. The zero-order valence-corrected chi connectivity index (χ0v) is 20.4. The highest BCUT2D eigenvalue weighted by Gasteiger charge is 2.46. The van der Waals surface area contributed by atoms with E-state index in [0.29, 0.717) is 43.3 Å². The van der Waals surface area contributed by atoms with Crippen molar-refractivity contribution in [3.8, 4) is 0 Å². The highest BCUT2D eigenvalue weighted by molar-refractivity contribution is 9.10. The summed E-state index contributed by atoms with van der Waals surface area (Å²) in [5.41, 5.74) is 2.49. The molecule has 9 heteroatoms. The number of ketones is 1. The molecular weight excluding hydrogens is 500 g/mol. The van der Waals surface area contributed by atoms with Crippen molar-refractivity contribution in [1.82, 2.24) is 19.2 Å². The van der Waals surface area contributed by atoms with E-state index in [1.54, 1.807) is 22.4 Å². The molecular formula is C25H25BrN4O4. The average molecular weight is 525 g/mol. The smallest absolute Gasteiger partial charge is 0.295 e. The van der Waals surface area contributed by atoms with Crippen LogP contribution in [0.2, 0.25) is 0 Å². The van der Waals surface area contributed by atoms with Gasteiger partial charge in [0.25, 0.3) is 11.7 Å². The second-order valence-corrected chi connectivity index (χ2v) is 9.39. The fourth-order valence-corrected chi connectivity index (χ4v) is 5.15. The molecule has 5 rings (SSSR count). The van der Waals surface area contributed by atoms with Crippen LogP contribution in [0.5, 0.6) is 0 Å². The lowest BCUT2D eigenvalue weighted by atomic mass is 9.96. The second-order valence-electron chi connectivity index (χ2n) is 8.48. The number of hydrogen-bond donors (Lipinski definition) is 1. The lowest BCUT2D eigenvalue weighted by Crippen LogP contribution is -2.42. The van der Waals surface area contributed by atoms with Gasteiger partial charge < -0.3 is 14.7 Å². The van der Waals surface area contributed by atoms with E-state index in [1.807, 2.05) is 42.5 Å². The highest BCUT2D eigenvalue weighted by atomic mass is 79.9. The second kappa shape index (κ2) is 9.32. The zero-order chi connectivity index (χ0) is 23.8. The van der Waals surface area contributed by atoms with Gasteiger partial charge in [-0.2, -0.15) is 0 Å². The maximum absolute atomic E-state index is 13.3. The highest BCUT2D eigenvalue weighted by Crippen LogP contribution is 2.40. The van der Waals surface area contributed by atoms with Crippen molar-refractivity contribution in [2.45, 2.75) is 13.0 Å². The molecule has 0 saturated carbocycles. The number of likely N-dealkylation sites (tertiary alicyclic amines) is 1. The Bertz CT molecular complexity index is 1300. The van der Waals surface area contributed by atoms with Gasteiger partial charge in [0, 0.05) is 36.8 Å². The molecule has 0 unspecified atom stereocenters. The maximum Gasteiger partial charge on any atom is 0.295 e. The number of imidazole rings is 1. The van der Waals surface area contributed by atoms with Crippen LogP contribution >= 0.6 is 15.9 Å². The van der Waals surface area contributed by atoms with Crippen molar-refractivity contribution < 1.29 is 19.4 Å². The number of carbonyl (C=O) groups excluding carboxylic acids is 2. The Morgan fingerprint density at radius 1 is 1.15 bits per heavy atom. The Hall–Kier alpha value is -3.01. The number of nitrogens with zero attached hydrogens (tertiary/aromatic N) is 4. The van der Waals surface area contributed by atoms with E-state index in [1.165, 1.54) is 0 Å². The summed E-state index contributed by atoms with van der Waals surface area (Å²) < 4.78 is 7.99. The third-order valence-electron chi connectivity index (χ3n) is 6.39. The van der Waals surface area contributed by atoms with Crippen LogP contribution in [-0.2, 0) is 14.3 Å². The van der Waals surface area contributed by atoms with Crippen LogP contribution in [0.3, 0.4) is 0 Å². The maximum atomic E-state index is 13.3. The number of aromatic nitrogens is 2. The lowest BCUT2D eigenvalue weighted by Gasteiger charge is -2.31. The molecule has 8 nitrogen and oxygen atoms in total. The van der Waals surface area contributed by atoms with Gasteiger partial charge in [0.05, 0.1) is 30.5 Å². The number of amides is 1. The molecule has 2 aliphatic rings. The minimum absolute atomic E-state index is 0.0823. The molecule has 2 aliphatic heterocycles. The number of carbonyl (C=O) groups is 2. The summed E-state index contributed by atoms with van der Waals surface area (Å²) >= 11 is 3.50. The van der Waals surface area contributed by atoms with Gasteiger partial charge in [0.1, 0.15) is 11.3 Å². The number of aliphatic hydroxyl groups is 1. The molecule has 0 radical (unpaired) electrons. The fraction of sp³-hybridized carbons (Fsp3) is 0.320. The number of halogens is 1. The topological polar surface area (TPSA) is 87.4 Å². The van der Waals surface area contributed by atoms with E-state index in [-0.39, 0.29) is 11.3 Å². The Kier molecular flexibility index (Phi) is 6.24. The number of fused-ring (bicyclic) bond motifs is 1. The quantitative estimate of drug-likeness (QED) is 0.313. The normalized spacial score (nSPS) is 21.0. The van der Waals surface area contributed by atoms with E-state index < -0.39 is 17.7 Å². The largest absolute Gasteiger partial charge is 0.505 e. The number of pyridine rings is 1. The number of hydrogen-bond acceptors (Lipinski definition) is 6. The van der Waals surface area contributed by atoms with Gasteiger partial charge in [-0.15, -0.1) is 0 Å². The Morgan fingerprint density at radius 3 is 2.71 bits per heavy atom. The molecule has 1 N–H and O–H groups in total. The molecule has 3 aromatic rings. The summed E-state index contributed by atoms with van der Waals surface area (Å²) in [4.78, 5) is 34.9. The van der Waals surface area contributed by atoms with Gasteiger partial charge in [-0.25, -0.2) is 4.98 Å². The summed E-state index contributed by atoms with van der Waals surface area (Å²) in [6.07, 6.45) is 1.78. The first-order valence-corrected chi connectivity index (χ1v) is 12.0. The number of aliphatic hydroxyl groups excluding tert-OH is 1. The van der Waals surface area contributed by atoms with Crippen LogP contribution in [0.25, 0.3) is 11.4 Å². The van der Waals surface area contributed by atoms with Crippen LogP contribution in [-0.4, -0.2) is 75.4 Å². The van der Waals surface area contributed by atoms with Crippen molar-refractivity contribution in [3.63, 3.8) is 0 Å². The third kappa shape index (κ3) is 4.04. The Morgan fingerprint density at radius 2 is 1.94 bits per heavy atom. The van der Waals surface area contributed by atoms with Gasteiger partial charge in [-0.1, -0.05) is 34.1 Å². The molecule has 1 atom stereocenters. The average Bonchev–Trinajstić information content (AvgIpc) is 3.31. The number of rotatable bonds is 5. The third-order valence-corrected chi connectivity index (χ3v) is 6.89. The first-order valence-electron chi connectivity index (χ1n) is 11.2. The number of morpholine rings is 1. The summed E-state index contributed by atoms with van der Waals surface area (Å²) in [7, 11) is 0. The van der Waals surface area contributed by atoms with Gasteiger partial charge in [-0.05, 0) is 36.8 Å². The number of aryl methyl sites for hydroxylation is 1. The molecule has 176 valence electrons. The van der Waals surface area contributed by atoms with Gasteiger partial charge in [0.2, 0.25) is 0 Å². The molecule has 4 heterocycles. The van der Waals surface area contributed by atoms with Crippen LogP contribution in [0.1, 0.15) is 23.0 Å². The van der Waals surface area contributed by atoms with Crippen molar-refractivity contribution in [2.24, 2.45) is 0 Å². The minimum Gasteiger partial charge on any atom is -0.505 e. The molecule has 2 fully saturated rings. The van der Waals surface area contributed by atoms with Crippen molar-refractivity contribution in [2.75, 3.05) is 39.4 Å². The van der Waals surface area contributed by atoms with Crippen LogP contribution in [0.4, 0.5) is 0 Å². The van der Waals surface area contributed by atoms with E-state index in [9.17, 15) is 14.7 Å². The van der Waals surface area contributed by atoms with Crippen molar-refractivity contribution in [1.29, 1.82) is 0 Å². The molecule has 0 bridgehead atoms. The Balaban J connectivity index is 1.61. The summed E-state index contributed by atoms with van der Waals surface area (Å²) in [6.45, 7) is 5.65. The lowest BCUT2D eigenvalue weighted by molar-refractivity contribution is -0.140. The number of Topliss-reactive ketones (excluding diaryl/α,β-unsaturated/α-hetero) is 1. The number of ether oxygens (including phenoxy) is 1. The van der Waals surface area contributed by atoms with Gasteiger partial charge in [0.15, 0.2) is 5.76 Å². The van der Waals surface area contributed by atoms with Gasteiger partial charge in [-0.3, -0.25) is 18.9 Å². The molecule has 0 spiro atoms. The predicted molar refractivity (Wildman–Crippen MR) is 130 cm³/mol. The standard InChI is InChI=1S/C25H25BrN4O4/c1-16-21(29-8-3-2-7-19(29)27-16)23(31)20-22(17-5-4-6-18(26)15-17)30(25(33)24(20)32)10-9-28-11-13-34-14-12-28/h2-8,15,22,31H,9-14H2,1H3/b23-20+/t22-/m0/s1. The summed E-state index contributed by atoms with van der Waals surface area (Å²) in [6, 6.07) is 12.3. The first kappa shape index (κ1) is 22.8. The van der Waals surface area contributed by atoms with E-state index in [2.05, 4.69) is 25.8 Å². The van der Waals surface area contributed by atoms with E-state index in [0.717, 1.165) is 23.1 Å². The van der Waals surface area contributed by atoms with Crippen molar-refractivity contribution in [3.05, 3.63) is 75.7 Å². The van der Waals surface area contributed by atoms with Gasteiger partial charge >= 0.3 is 0 Å². The summed E-state index contributed by atoms with van der Waals surface area (Å²) in [5.74, 6) is -1.51. The molecule has 1 aromatic carbocycles. The fourth-order valence-electron chi connectivity index (χ4n) is 4.73. The van der Waals surface area contributed by atoms with E-state index in [4.69, 9.17) is 4.74 Å². The SMILES string of the molecule is Cc1nc2ccccn2c1/C(O)=C1\C(=O)C(=O)N(CCN2CCOCC2)[C@H]1c1cccc(Br)c1. The molecule has 2 aromatic heterocycles. The minimum atomic E-state index is -0.702. The van der Waals surface area contributed by atoms with Crippen LogP contribution in [0.15, 0.2) is 58.7 Å². The van der Waals surface area contributed by atoms with Crippen molar-refractivity contribution >= 4 is 39.0 Å². The summed E-state index contributed by atoms with van der Waals surface area (Å²) in [5, 5.41) is 11.5.